The Morgan fingerprint density at radius 1 is 1.44 bits per heavy atom. The summed E-state index contributed by atoms with van der Waals surface area (Å²) in [6, 6.07) is 0. The van der Waals surface area contributed by atoms with Gasteiger partial charge in [-0.15, -0.1) is 16.9 Å². The molecule has 0 aromatic carbocycles. The van der Waals surface area contributed by atoms with E-state index in [4.69, 9.17) is 0 Å². The van der Waals surface area contributed by atoms with Crippen LogP contribution in [0, 0.1) is 0 Å². The molecular formula is C10H20N4OS. The Labute approximate surface area is 101 Å². The van der Waals surface area contributed by atoms with Crippen molar-refractivity contribution in [3.05, 3.63) is 5.82 Å². The van der Waals surface area contributed by atoms with Crippen molar-refractivity contribution >= 4 is 11.8 Å². The number of nitrogens with zero attached hydrogens (tertiary/aromatic N) is 4. The van der Waals surface area contributed by atoms with E-state index in [9.17, 15) is 5.11 Å². The zero-order valence-electron chi connectivity index (χ0n) is 10.1. The number of aromatic nitrogens is 4. The first-order valence-corrected chi connectivity index (χ1v) is 6.74. The highest BCUT2D eigenvalue weighted by molar-refractivity contribution is 7.99. The molecule has 0 radical (unpaired) electrons. The van der Waals surface area contributed by atoms with Crippen LogP contribution in [-0.2, 0) is 12.3 Å². The van der Waals surface area contributed by atoms with Crippen molar-refractivity contribution in [3.63, 3.8) is 0 Å². The van der Waals surface area contributed by atoms with Gasteiger partial charge in [0.15, 0.2) is 5.82 Å². The molecule has 0 saturated heterocycles. The predicted octanol–water partition coefficient (Wildman–Crippen LogP) is 1.48. The number of aliphatic hydroxyl groups is 1. The average molecular weight is 244 g/mol. The van der Waals surface area contributed by atoms with Gasteiger partial charge in [-0.1, -0.05) is 20.3 Å². The lowest BCUT2D eigenvalue weighted by Gasteiger charge is -2.13. The van der Waals surface area contributed by atoms with E-state index in [1.165, 1.54) is 0 Å². The summed E-state index contributed by atoms with van der Waals surface area (Å²) >= 11 is 1.68. The zero-order valence-corrected chi connectivity index (χ0v) is 10.9. The van der Waals surface area contributed by atoms with E-state index in [2.05, 4.69) is 22.4 Å². The third-order valence-electron chi connectivity index (χ3n) is 2.48. The summed E-state index contributed by atoms with van der Waals surface area (Å²) in [6.45, 7) is 6.84. The molecule has 1 N–H and O–H groups in total. The molecule has 0 aliphatic rings. The van der Waals surface area contributed by atoms with Gasteiger partial charge in [-0.3, -0.25) is 0 Å². The maximum atomic E-state index is 9.38. The maximum Gasteiger partial charge on any atom is 0.161 e. The number of hydrogen-bond donors (Lipinski definition) is 1. The minimum Gasteiger partial charge on any atom is -0.392 e. The van der Waals surface area contributed by atoms with E-state index >= 15 is 0 Å². The molecule has 16 heavy (non-hydrogen) atoms. The van der Waals surface area contributed by atoms with Crippen LogP contribution in [0.5, 0.6) is 0 Å². The standard InChI is InChI=1S/C10H20N4OS/c1-4-5-6-14-10(11-12-13-14)7-16-9(3)8(2)15/h8-9,15H,4-7H2,1-3H3. The number of rotatable bonds is 7. The van der Waals surface area contributed by atoms with Gasteiger partial charge in [0, 0.05) is 11.8 Å². The molecule has 0 aliphatic heterocycles. The van der Waals surface area contributed by atoms with Crippen molar-refractivity contribution < 1.29 is 5.11 Å². The highest BCUT2D eigenvalue weighted by Gasteiger charge is 2.12. The Bertz CT molecular complexity index is 303. The molecule has 1 aromatic heterocycles. The number of aryl methyl sites for hydroxylation is 1. The maximum absolute atomic E-state index is 9.38. The van der Waals surface area contributed by atoms with Gasteiger partial charge < -0.3 is 5.11 Å². The fourth-order valence-corrected chi connectivity index (χ4v) is 2.05. The van der Waals surface area contributed by atoms with Crippen molar-refractivity contribution in [3.8, 4) is 0 Å². The lowest BCUT2D eigenvalue weighted by atomic mass is 10.3. The Kier molecular flexibility index (Phi) is 5.76. The van der Waals surface area contributed by atoms with Crippen LogP contribution in [0.2, 0.25) is 0 Å². The van der Waals surface area contributed by atoms with E-state index < -0.39 is 0 Å². The molecule has 0 amide bonds. The first-order valence-electron chi connectivity index (χ1n) is 5.69. The van der Waals surface area contributed by atoms with Gasteiger partial charge in [0.2, 0.25) is 0 Å². The molecule has 1 rings (SSSR count). The molecule has 6 heteroatoms. The Hall–Kier alpha value is -0.620. The van der Waals surface area contributed by atoms with Gasteiger partial charge in [0.05, 0.1) is 11.9 Å². The van der Waals surface area contributed by atoms with Crippen LogP contribution < -0.4 is 0 Å². The fraction of sp³-hybridized carbons (Fsp3) is 0.900. The number of tetrazole rings is 1. The topological polar surface area (TPSA) is 63.8 Å². The smallest absolute Gasteiger partial charge is 0.161 e. The van der Waals surface area contributed by atoms with E-state index in [0.29, 0.717) is 0 Å². The van der Waals surface area contributed by atoms with Crippen LogP contribution in [0.25, 0.3) is 0 Å². The molecule has 0 spiro atoms. The molecule has 0 fully saturated rings. The molecule has 0 saturated carbocycles. The van der Waals surface area contributed by atoms with Crippen molar-refractivity contribution in [2.24, 2.45) is 0 Å². The largest absolute Gasteiger partial charge is 0.392 e. The second-order valence-corrected chi connectivity index (χ2v) is 5.29. The van der Waals surface area contributed by atoms with Crippen LogP contribution in [0.4, 0.5) is 0 Å². The Balaban J connectivity index is 2.44. The lowest BCUT2D eigenvalue weighted by molar-refractivity contribution is 0.196. The Morgan fingerprint density at radius 2 is 2.19 bits per heavy atom. The lowest BCUT2D eigenvalue weighted by Crippen LogP contribution is -2.16. The summed E-state index contributed by atoms with van der Waals surface area (Å²) < 4.78 is 1.85. The Morgan fingerprint density at radius 3 is 2.81 bits per heavy atom. The second-order valence-electron chi connectivity index (χ2n) is 3.93. The van der Waals surface area contributed by atoms with Gasteiger partial charge in [-0.25, -0.2) is 4.68 Å². The fourth-order valence-electron chi connectivity index (χ4n) is 1.15. The summed E-state index contributed by atoms with van der Waals surface area (Å²) in [6.07, 6.45) is 1.93. The highest BCUT2D eigenvalue weighted by atomic mass is 32.2. The number of aliphatic hydroxyl groups excluding tert-OH is 1. The van der Waals surface area contributed by atoms with Gasteiger partial charge in [-0.05, 0) is 23.8 Å². The van der Waals surface area contributed by atoms with Crippen molar-refractivity contribution in [1.29, 1.82) is 0 Å². The minimum atomic E-state index is -0.301. The molecule has 1 heterocycles. The van der Waals surface area contributed by atoms with Gasteiger partial charge in [0.1, 0.15) is 0 Å². The summed E-state index contributed by atoms with van der Waals surface area (Å²) in [5, 5.41) is 21.2. The van der Waals surface area contributed by atoms with Gasteiger partial charge in [-0.2, -0.15) is 0 Å². The SMILES string of the molecule is CCCCn1nnnc1CSC(C)C(C)O. The van der Waals surface area contributed by atoms with Crippen LogP contribution >= 0.6 is 11.8 Å². The third-order valence-corrected chi connectivity index (χ3v) is 3.83. The predicted molar refractivity (Wildman–Crippen MR) is 65.2 cm³/mol. The van der Waals surface area contributed by atoms with Gasteiger partial charge >= 0.3 is 0 Å². The van der Waals surface area contributed by atoms with Crippen molar-refractivity contribution in [2.45, 2.75) is 57.3 Å². The summed E-state index contributed by atoms with van der Waals surface area (Å²) in [5.74, 6) is 1.65. The summed E-state index contributed by atoms with van der Waals surface area (Å²) in [7, 11) is 0. The quantitative estimate of drug-likeness (QED) is 0.787. The number of unbranched alkanes of at least 4 members (excludes halogenated alkanes) is 1. The van der Waals surface area contributed by atoms with Crippen LogP contribution in [-0.4, -0.2) is 36.7 Å². The number of hydrogen-bond acceptors (Lipinski definition) is 5. The molecule has 0 bridgehead atoms. The summed E-state index contributed by atoms with van der Waals surface area (Å²) in [4.78, 5) is 0. The van der Waals surface area contributed by atoms with Crippen molar-refractivity contribution in [1.82, 2.24) is 20.2 Å². The normalized spacial score (nSPS) is 15.0. The van der Waals surface area contributed by atoms with E-state index in [1.54, 1.807) is 18.7 Å². The molecule has 1 aromatic rings. The zero-order chi connectivity index (χ0) is 12.0. The molecular weight excluding hydrogens is 224 g/mol. The third kappa shape index (κ3) is 4.09. The molecule has 0 aliphatic carbocycles. The van der Waals surface area contributed by atoms with Crippen LogP contribution in [0.1, 0.15) is 39.4 Å². The van der Waals surface area contributed by atoms with Crippen LogP contribution in [0.15, 0.2) is 0 Å². The first-order chi connectivity index (χ1) is 7.65. The molecule has 2 unspecified atom stereocenters. The second kappa shape index (κ2) is 6.85. The van der Waals surface area contributed by atoms with E-state index in [-0.39, 0.29) is 11.4 Å². The average Bonchev–Trinajstić information content (AvgIpc) is 2.70. The highest BCUT2D eigenvalue weighted by Crippen LogP contribution is 2.18. The molecule has 2 atom stereocenters. The first kappa shape index (κ1) is 13.4. The van der Waals surface area contributed by atoms with Crippen LogP contribution in [0.3, 0.4) is 0 Å². The van der Waals surface area contributed by atoms with Crippen molar-refractivity contribution in [2.75, 3.05) is 0 Å². The minimum absolute atomic E-state index is 0.205. The monoisotopic (exact) mass is 244 g/mol. The van der Waals surface area contributed by atoms with E-state index in [0.717, 1.165) is 31.0 Å². The molecule has 5 nitrogen and oxygen atoms in total. The van der Waals surface area contributed by atoms with Gasteiger partial charge in [0.25, 0.3) is 0 Å². The molecule has 92 valence electrons. The summed E-state index contributed by atoms with van der Waals surface area (Å²) in [5.41, 5.74) is 0. The number of thioether (sulfide) groups is 1. The van der Waals surface area contributed by atoms with E-state index in [1.807, 2.05) is 11.6 Å².